The van der Waals surface area contributed by atoms with Gasteiger partial charge in [0.05, 0.1) is 12.4 Å². The number of fused-ring (bicyclic) bond motifs is 1. The summed E-state index contributed by atoms with van der Waals surface area (Å²) in [7, 11) is -4.57. The predicted octanol–water partition coefficient (Wildman–Crippen LogP) is 4.94. The normalized spacial score (nSPS) is 24.3. The van der Waals surface area contributed by atoms with Gasteiger partial charge < -0.3 is 20.3 Å². The number of halogens is 1. The van der Waals surface area contributed by atoms with Gasteiger partial charge in [0.1, 0.15) is 22.2 Å². The summed E-state index contributed by atoms with van der Waals surface area (Å²) in [6, 6.07) is 0. The van der Waals surface area contributed by atoms with Crippen LogP contribution in [0.2, 0.25) is 41.5 Å². The molecule has 35 heavy (non-hydrogen) atoms. The van der Waals surface area contributed by atoms with Gasteiger partial charge in [0.25, 0.3) is 0 Å². The molecule has 1 amide bonds. The van der Waals surface area contributed by atoms with E-state index in [-0.39, 0.29) is 26.6 Å². The van der Waals surface area contributed by atoms with Crippen LogP contribution in [0.5, 0.6) is 0 Å². The number of hydrogen-bond acceptors (Lipinski definition) is 8. The van der Waals surface area contributed by atoms with Crippen molar-refractivity contribution in [1.29, 1.82) is 0 Å². The minimum atomic E-state index is -2.29. The summed E-state index contributed by atoms with van der Waals surface area (Å²) in [5.41, 5.74) is 12.9. The summed E-state index contributed by atoms with van der Waals surface area (Å²) in [5, 5.41) is -1.05. The molecule has 0 saturated carbocycles. The van der Waals surface area contributed by atoms with Crippen LogP contribution in [0, 0.1) is 0 Å². The Labute approximate surface area is 219 Å². The number of anilines is 1. The largest absolute Gasteiger partial charge is 0.410 e. The van der Waals surface area contributed by atoms with E-state index >= 15 is 0 Å². The number of hydrogen-bond donors (Lipinski definition) is 2. The molecule has 13 heteroatoms. The second-order valence-electron chi connectivity index (χ2n) is 12.2. The SMILES string of the molecule is CC(C)(C)[Si](C)(C)O[C@@H]1[C@H](O[Si](C)(C)C(C)(C)C)[C@@H](C(N)=O)S[C@H]1n1cnc2c(N)nc(Cl)nc21. The van der Waals surface area contributed by atoms with Gasteiger partial charge in [-0.2, -0.15) is 9.97 Å². The number of aromatic nitrogens is 4. The van der Waals surface area contributed by atoms with Gasteiger partial charge in [-0.15, -0.1) is 11.8 Å². The Balaban J connectivity index is 2.18. The quantitative estimate of drug-likeness (QED) is 0.376. The highest BCUT2D eigenvalue weighted by Gasteiger charge is 2.55. The van der Waals surface area contributed by atoms with Gasteiger partial charge in [0, 0.05) is 0 Å². The van der Waals surface area contributed by atoms with E-state index in [0.717, 1.165) is 0 Å². The predicted molar refractivity (Wildman–Crippen MR) is 148 cm³/mol. The van der Waals surface area contributed by atoms with Gasteiger partial charge in [0.15, 0.2) is 28.1 Å². The Morgan fingerprint density at radius 2 is 1.54 bits per heavy atom. The number of thioether (sulfide) groups is 1. The molecule has 3 rings (SSSR count). The van der Waals surface area contributed by atoms with Crippen LogP contribution in [-0.4, -0.2) is 59.5 Å². The molecule has 3 heterocycles. The van der Waals surface area contributed by atoms with Crippen molar-refractivity contribution in [3.63, 3.8) is 0 Å². The maximum atomic E-state index is 12.7. The van der Waals surface area contributed by atoms with Crippen molar-refractivity contribution in [2.45, 2.75) is 101 Å². The highest BCUT2D eigenvalue weighted by Crippen LogP contribution is 2.51. The van der Waals surface area contributed by atoms with Gasteiger partial charge in [0.2, 0.25) is 11.2 Å². The number of nitrogen functional groups attached to an aromatic ring is 1. The van der Waals surface area contributed by atoms with E-state index in [4.69, 9.17) is 31.9 Å². The number of primary amides is 1. The zero-order chi connectivity index (χ0) is 26.7. The molecule has 1 aliphatic heterocycles. The molecule has 0 spiro atoms. The standard InChI is InChI=1S/C22H39ClN6O3SSi2/c1-21(2,3)34(7,8)31-13-14(32-35(9,10)22(4,5)6)19(33-15(13)17(25)30)29-11-26-12-16(24)27-20(23)28-18(12)29/h11,13-15,19H,1-10H3,(H2,25,30)(H2,24,27,28)/t13-,14+,15-,19+/m0/s1. The molecule has 0 unspecified atom stereocenters. The molecular formula is C22H39ClN6O3SSi2. The van der Waals surface area contributed by atoms with Crippen LogP contribution in [0.4, 0.5) is 5.82 Å². The number of carbonyl (C=O) groups excluding carboxylic acids is 1. The number of carbonyl (C=O) groups is 1. The number of nitrogens with zero attached hydrogens (tertiary/aromatic N) is 4. The third-order valence-corrected chi connectivity index (χ3v) is 18.3. The lowest BCUT2D eigenvalue weighted by Crippen LogP contribution is -2.54. The molecule has 4 atom stereocenters. The lowest BCUT2D eigenvalue weighted by molar-refractivity contribution is -0.119. The Hall–Kier alpha value is -1.19. The van der Waals surface area contributed by atoms with Crippen molar-refractivity contribution in [1.82, 2.24) is 19.5 Å². The molecule has 0 aromatic carbocycles. The molecule has 196 valence electrons. The van der Waals surface area contributed by atoms with Gasteiger partial charge in [-0.3, -0.25) is 9.36 Å². The van der Waals surface area contributed by atoms with Gasteiger partial charge >= 0.3 is 0 Å². The summed E-state index contributed by atoms with van der Waals surface area (Å²) in [6.07, 6.45) is 0.669. The molecule has 1 saturated heterocycles. The zero-order valence-corrected chi connectivity index (χ0v) is 25.9. The fourth-order valence-corrected chi connectivity index (χ4v) is 7.90. The Morgan fingerprint density at radius 3 is 2.03 bits per heavy atom. The number of imidazole rings is 1. The zero-order valence-electron chi connectivity index (χ0n) is 22.3. The second-order valence-corrected chi connectivity index (χ2v) is 23.4. The van der Waals surface area contributed by atoms with Crippen molar-refractivity contribution in [3.8, 4) is 0 Å². The first-order chi connectivity index (χ1) is 15.8. The highest BCUT2D eigenvalue weighted by molar-refractivity contribution is 8.01. The first-order valence-corrected chi connectivity index (χ1v) is 18.9. The van der Waals surface area contributed by atoms with Crippen molar-refractivity contribution in [3.05, 3.63) is 11.6 Å². The molecule has 0 bridgehead atoms. The lowest BCUT2D eigenvalue weighted by atomic mass is 10.1. The van der Waals surface area contributed by atoms with Gasteiger partial charge in [-0.1, -0.05) is 41.5 Å². The summed E-state index contributed by atoms with van der Waals surface area (Å²) >= 11 is 7.56. The van der Waals surface area contributed by atoms with Crippen molar-refractivity contribution >= 4 is 62.9 Å². The van der Waals surface area contributed by atoms with Gasteiger partial charge in [-0.25, -0.2) is 4.98 Å². The highest BCUT2D eigenvalue weighted by atomic mass is 35.5. The van der Waals surface area contributed by atoms with E-state index in [2.05, 4.69) is 82.7 Å². The first kappa shape index (κ1) is 28.4. The lowest BCUT2D eigenvalue weighted by Gasteiger charge is -2.44. The van der Waals surface area contributed by atoms with Crippen LogP contribution in [0.25, 0.3) is 11.2 Å². The fraction of sp³-hybridized carbons (Fsp3) is 0.727. The molecule has 1 aliphatic rings. The van der Waals surface area contributed by atoms with E-state index in [1.165, 1.54) is 11.8 Å². The van der Waals surface area contributed by atoms with Crippen molar-refractivity contribution in [2.75, 3.05) is 5.73 Å². The molecule has 2 aromatic heterocycles. The minimum absolute atomic E-state index is 0.0298. The van der Waals surface area contributed by atoms with E-state index in [1.807, 2.05) is 4.57 Å². The van der Waals surface area contributed by atoms with Crippen LogP contribution >= 0.6 is 23.4 Å². The van der Waals surface area contributed by atoms with Crippen LogP contribution in [0.15, 0.2) is 6.33 Å². The first-order valence-electron chi connectivity index (χ1n) is 11.7. The van der Waals surface area contributed by atoms with E-state index in [1.54, 1.807) is 6.33 Å². The maximum Gasteiger partial charge on any atom is 0.233 e. The maximum absolute atomic E-state index is 12.7. The number of amides is 1. The van der Waals surface area contributed by atoms with Crippen LogP contribution in [0.1, 0.15) is 46.9 Å². The van der Waals surface area contributed by atoms with Gasteiger partial charge in [-0.05, 0) is 47.9 Å². The summed E-state index contributed by atoms with van der Waals surface area (Å²) in [4.78, 5) is 25.6. The van der Waals surface area contributed by atoms with Crippen LogP contribution in [0.3, 0.4) is 0 Å². The molecule has 4 N–H and O–H groups in total. The molecule has 0 radical (unpaired) electrons. The summed E-state index contributed by atoms with van der Waals surface area (Å²) < 4.78 is 15.8. The fourth-order valence-electron chi connectivity index (χ4n) is 3.48. The Kier molecular flexibility index (Phi) is 7.53. The topological polar surface area (TPSA) is 131 Å². The molecule has 2 aromatic rings. The minimum Gasteiger partial charge on any atom is -0.410 e. The Morgan fingerprint density at radius 1 is 1.03 bits per heavy atom. The van der Waals surface area contributed by atoms with Crippen molar-refractivity contribution < 1.29 is 13.6 Å². The van der Waals surface area contributed by atoms with Crippen molar-refractivity contribution in [2.24, 2.45) is 5.73 Å². The number of rotatable bonds is 6. The smallest absolute Gasteiger partial charge is 0.233 e. The molecule has 9 nitrogen and oxygen atoms in total. The molecular weight excluding hydrogens is 520 g/mol. The third kappa shape index (κ3) is 5.42. The average Bonchev–Trinajstić information content (AvgIpc) is 3.21. The Bertz CT molecular complexity index is 1120. The summed E-state index contributed by atoms with van der Waals surface area (Å²) in [6.45, 7) is 21.8. The van der Waals surface area contributed by atoms with Crippen LogP contribution in [-0.2, 0) is 13.6 Å². The molecule has 1 fully saturated rings. The summed E-state index contributed by atoms with van der Waals surface area (Å²) in [5.74, 6) is -0.231. The second kappa shape index (κ2) is 9.28. The van der Waals surface area contributed by atoms with E-state index < -0.39 is 40.0 Å². The van der Waals surface area contributed by atoms with E-state index in [9.17, 15) is 4.79 Å². The molecule has 0 aliphatic carbocycles. The number of nitrogens with two attached hydrogens (primary N) is 2. The average molecular weight is 559 g/mol. The van der Waals surface area contributed by atoms with Crippen LogP contribution < -0.4 is 11.5 Å². The third-order valence-electron chi connectivity index (χ3n) is 7.64. The monoisotopic (exact) mass is 558 g/mol. The van der Waals surface area contributed by atoms with E-state index in [0.29, 0.717) is 11.2 Å².